The lowest BCUT2D eigenvalue weighted by Gasteiger charge is -2.19. The Morgan fingerprint density at radius 2 is 2.17 bits per heavy atom. The maximum atomic E-state index is 9.94. The Hall–Kier alpha value is -1.62. The smallest absolute Gasteiger partial charge is 0.157 e. The molecule has 3 unspecified atom stereocenters. The van der Waals surface area contributed by atoms with Crippen molar-refractivity contribution in [3.63, 3.8) is 0 Å². The molecule has 1 N–H and O–H groups in total. The van der Waals surface area contributed by atoms with E-state index in [4.69, 9.17) is 0 Å². The second kappa shape index (κ2) is 3.68. The maximum Gasteiger partial charge on any atom is 0.157 e. The van der Waals surface area contributed by atoms with E-state index in [1.807, 2.05) is 18.3 Å². The number of aromatic nitrogens is 3. The summed E-state index contributed by atoms with van der Waals surface area (Å²) < 4.78 is 1.77. The zero-order valence-electron chi connectivity index (χ0n) is 10.1. The first-order valence-electron chi connectivity index (χ1n) is 6.55. The Bertz CT molecular complexity index is 581. The van der Waals surface area contributed by atoms with Gasteiger partial charge in [-0.3, -0.25) is 0 Å². The van der Waals surface area contributed by atoms with Gasteiger partial charge in [0.2, 0.25) is 0 Å². The van der Waals surface area contributed by atoms with Crippen molar-refractivity contribution in [1.82, 2.24) is 14.6 Å². The summed E-state index contributed by atoms with van der Waals surface area (Å²) in [5.74, 6) is 2.08. The minimum atomic E-state index is -0.112. The molecule has 2 fully saturated rings. The predicted octanol–water partition coefficient (Wildman–Crippen LogP) is 0.936. The lowest BCUT2D eigenvalue weighted by Crippen LogP contribution is -2.25. The topological polar surface area (TPSA) is 53.7 Å². The molecule has 0 radical (unpaired) electrons. The van der Waals surface area contributed by atoms with E-state index in [1.54, 1.807) is 10.7 Å². The molecule has 2 aliphatic rings. The van der Waals surface area contributed by atoms with Crippen LogP contribution in [0.1, 0.15) is 12.8 Å². The predicted molar refractivity (Wildman–Crippen MR) is 67.4 cm³/mol. The second-order valence-corrected chi connectivity index (χ2v) is 5.39. The van der Waals surface area contributed by atoms with Crippen LogP contribution in [0.25, 0.3) is 5.65 Å². The summed E-state index contributed by atoms with van der Waals surface area (Å²) in [5, 5.41) is 14.1. The Kier molecular flexibility index (Phi) is 2.11. The zero-order chi connectivity index (χ0) is 12.1. The third-order valence-electron chi connectivity index (χ3n) is 4.39. The molecule has 5 nitrogen and oxygen atoms in total. The molecule has 0 spiro atoms. The van der Waals surface area contributed by atoms with Crippen LogP contribution in [0.15, 0.2) is 24.5 Å². The number of rotatable bonds is 1. The summed E-state index contributed by atoms with van der Waals surface area (Å²) >= 11 is 0. The van der Waals surface area contributed by atoms with Crippen LogP contribution in [0.2, 0.25) is 0 Å². The quantitative estimate of drug-likeness (QED) is 0.811. The molecular weight excluding hydrogens is 228 g/mol. The molecular formula is C13H16N4O. The molecule has 4 rings (SSSR count). The van der Waals surface area contributed by atoms with Gasteiger partial charge in [-0.15, -0.1) is 0 Å². The first kappa shape index (κ1) is 10.3. The second-order valence-electron chi connectivity index (χ2n) is 5.39. The molecule has 1 aliphatic carbocycles. The number of fused-ring (bicyclic) bond motifs is 2. The van der Waals surface area contributed by atoms with E-state index in [2.05, 4.69) is 15.0 Å². The minimum Gasteiger partial charge on any atom is -0.393 e. The van der Waals surface area contributed by atoms with Gasteiger partial charge in [0.25, 0.3) is 0 Å². The van der Waals surface area contributed by atoms with E-state index >= 15 is 0 Å². The van der Waals surface area contributed by atoms with Crippen molar-refractivity contribution >= 4 is 11.5 Å². The Morgan fingerprint density at radius 1 is 1.22 bits per heavy atom. The van der Waals surface area contributed by atoms with Crippen molar-refractivity contribution in [3.8, 4) is 0 Å². The third-order valence-corrected chi connectivity index (χ3v) is 4.39. The number of hydrogen-bond acceptors (Lipinski definition) is 4. The van der Waals surface area contributed by atoms with E-state index in [9.17, 15) is 5.11 Å². The Balaban J connectivity index is 1.64. The number of hydrogen-bond donors (Lipinski definition) is 1. The SMILES string of the molecule is OC1CCC2CN(c3ccn4nccc4n3)CC12. The summed E-state index contributed by atoms with van der Waals surface area (Å²) in [6.45, 7) is 1.96. The van der Waals surface area contributed by atoms with Gasteiger partial charge in [-0.1, -0.05) is 0 Å². The van der Waals surface area contributed by atoms with Crippen molar-refractivity contribution in [2.24, 2.45) is 11.8 Å². The van der Waals surface area contributed by atoms with E-state index < -0.39 is 0 Å². The summed E-state index contributed by atoms with van der Waals surface area (Å²) in [7, 11) is 0. The highest BCUT2D eigenvalue weighted by molar-refractivity contribution is 5.48. The van der Waals surface area contributed by atoms with Gasteiger partial charge >= 0.3 is 0 Å². The Labute approximate surface area is 105 Å². The fourth-order valence-corrected chi connectivity index (χ4v) is 3.40. The highest BCUT2D eigenvalue weighted by Gasteiger charge is 2.42. The van der Waals surface area contributed by atoms with Gasteiger partial charge in [-0.05, 0) is 24.8 Å². The largest absolute Gasteiger partial charge is 0.393 e. The van der Waals surface area contributed by atoms with Gasteiger partial charge in [0.1, 0.15) is 5.82 Å². The van der Waals surface area contributed by atoms with Gasteiger partial charge < -0.3 is 10.0 Å². The molecule has 2 aromatic heterocycles. The number of aliphatic hydroxyl groups is 1. The molecule has 94 valence electrons. The molecule has 1 saturated heterocycles. The van der Waals surface area contributed by atoms with E-state index in [1.165, 1.54) is 0 Å². The number of aliphatic hydroxyl groups excluding tert-OH is 1. The molecule has 1 aliphatic heterocycles. The summed E-state index contributed by atoms with van der Waals surface area (Å²) in [5.41, 5.74) is 0.880. The summed E-state index contributed by atoms with van der Waals surface area (Å²) in [6.07, 6.45) is 5.71. The number of nitrogens with zero attached hydrogens (tertiary/aromatic N) is 4. The van der Waals surface area contributed by atoms with Crippen LogP contribution in [-0.2, 0) is 0 Å². The van der Waals surface area contributed by atoms with Crippen molar-refractivity contribution in [2.45, 2.75) is 18.9 Å². The van der Waals surface area contributed by atoms with Crippen molar-refractivity contribution < 1.29 is 5.11 Å². The van der Waals surface area contributed by atoms with Gasteiger partial charge in [0.15, 0.2) is 5.65 Å². The van der Waals surface area contributed by atoms with Crippen molar-refractivity contribution in [1.29, 1.82) is 0 Å². The molecule has 3 heterocycles. The molecule has 1 saturated carbocycles. The van der Waals surface area contributed by atoms with Gasteiger partial charge in [0.05, 0.1) is 12.3 Å². The molecule has 2 aromatic rings. The highest BCUT2D eigenvalue weighted by Crippen LogP contribution is 2.39. The first-order chi connectivity index (χ1) is 8.81. The van der Waals surface area contributed by atoms with Crippen molar-refractivity contribution in [2.75, 3.05) is 18.0 Å². The molecule has 18 heavy (non-hydrogen) atoms. The maximum absolute atomic E-state index is 9.94. The van der Waals surface area contributed by atoms with Crippen LogP contribution in [0.3, 0.4) is 0 Å². The third kappa shape index (κ3) is 1.43. The van der Waals surface area contributed by atoms with Crippen LogP contribution in [-0.4, -0.2) is 38.9 Å². The van der Waals surface area contributed by atoms with Crippen LogP contribution in [0.4, 0.5) is 5.82 Å². The fourth-order valence-electron chi connectivity index (χ4n) is 3.40. The monoisotopic (exact) mass is 244 g/mol. The molecule has 5 heteroatoms. The zero-order valence-corrected chi connectivity index (χ0v) is 10.1. The van der Waals surface area contributed by atoms with Gasteiger partial charge in [-0.2, -0.15) is 5.10 Å². The van der Waals surface area contributed by atoms with E-state index in [0.717, 1.165) is 37.4 Å². The highest BCUT2D eigenvalue weighted by atomic mass is 16.3. The standard InChI is InChI=1S/C13H16N4O/c18-11-2-1-9-7-16(8-10(9)11)12-4-6-17-13(15-12)3-5-14-17/h3-6,9-11,18H,1-2,7-8H2. The Morgan fingerprint density at radius 3 is 3.06 bits per heavy atom. The summed E-state index contributed by atoms with van der Waals surface area (Å²) in [6, 6.07) is 3.92. The average Bonchev–Trinajstić information content (AvgIpc) is 3.05. The minimum absolute atomic E-state index is 0.112. The van der Waals surface area contributed by atoms with Crippen LogP contribution >= 0.6 is 0 Å². The normalized spacial score (nSPS) is 31.2. The first-order valence-corrected chi connectivity index (χ1v) is 6.55. The van der Waals surface area contributed by atoms with E-state index in [-0.39, 0.29) is 6.10 Å². The van der Waals surface area contributed by atoms with Crippen LogP contribution in [0, 0.1) is 11.8 Å². The molecule has 0 aromatic carbocycles. The lowest BCUT2D eigenvalue weighted by atomic mass is 10.00. The molecule has 0 bridgehead atoms. The van der Waals surface area contributed by atoms with Gasteiger partial charge in [-0.25, -0.2) is 9.50 Å². The average molecular weight is 244 g/mol. The van der Waals surface area contributed by atoms with Gasteiger partial charge in [0, 0.05) is 31.3 Å². The van der Waals surface area contributed by atoms with Crippen molar-refractivity contribution in [3.05, 3.63) is 24.5 Å². The van der Waals surface area contributed by atoms with E-state index in [0.29, 0.717) is 11.8 Å². The van der Waals surface area contributed by atoms with Crippen LogP contribution in [0.5, 0.6) is 0 Å². The molecule has 0 amide bonds. The summed E-state index contributed by atoms with van der Waals surface area (Å²) in [4.78, 5) is 6.91. The molecule has 3 atom stereocenters. The van der Waals surface area contributed by atoms with Crippen LogP contribution < -0.4 is 4.90 Å². The fraction of sp³-hybridized carbons (Fsp3) is 0.538. The number of anilines is 1. The lowest BCUT2D eigenvalue weighted by molar-refractivity contribution is 0.133.